The standard InChI is InChI=1S/C27H30F2N6O3/c1-17-15-34(12-13-35(17)25(36)20-6-9-27(28,29)10-7-20)24-22-14-31-11-8-21(22)23(32-33-24)19-4-2-18(3-5-19)16-38-26(30)37/h2-5,8,11,14,17,20H,6-7,9-10,12-13,15-16H2,1H3,(H2,30,37). The van der Waals surface area contributed by atoms with E-state index in [1.54, 1.807) is 12.4 Å². The summed E-state index contributed by atoms with van der Waals surface area (Å²) in [5.41, 5.74) is 7.39. The number of rotatable bonds is 5. The number of amides is 2. The molecule has 2 aliphatic rings. The van der Waals surface area contributed by atoms with Crippen molar-refractivity contribution in [2.75, 3.05) is 24.5 Å². The van der Waals surface area contributed by atoms with Crippen molar-refractivity contribution >= 4 is 28.6 Å². The smallest absolute Gasteiger partial charge is 0.404 e. The first-order chi connectivity index (χ1) is 18.2. The number of aromatic nitrogens is 3. The lowest BCUT2D eigenvalue weighted by Gasteiger charge is -2.42. The molecule has 0 bridgehead atoms. The van der Waals surface area contributed by atoms with Crippen molar-refractivity contribution in [1.82, 2.24) is 20.1 Å². The number of nitrogens with two attached hydrogens (primary N) is 1. The van der Waals surface area contributed by atoms with Crippen molar-refractivity contribution in [2.24, 2.45) is 11.7 Å². The summed E-state index contributed by atoms with van der Waals surface area (Å²) >= 11 is 0. The highest BCUT2D eigenvalue weighted by Gasteiger charge is 2.40. The molecule has 1 saturated heterocycles. The summed E-state index contributed by atoms with van der Waals surface area (Å²) in [6, 6.07) is 9.25. The Labute approximate surface area is 219 Å². The zero-order chi connectivity index (χ0) is 26.9. The van der Waals surface area contributed by atoms with Gasteiger partial charge in [-0.25, -0.2) is 13.6 Å². The number of halogens is 2. The van der Waals surface area contributed by atoms with Gasteiger partial charge >= 0.3 is 6.09 Å². The molecule has 1 atom stereocenters. The van der Waals surface area contributed by atoms with E-state index in [-0.39, 0.29) is 50.2 Å². The van der Waals surface area contributed by atoms with E-state index < -0.39 is 12.0 Å². The first-order valence-electron chi connectivity index (χ1n) is 12.8. The quantitative estimate of drug-likeness (QED) is 0.533. The number of nitrogens with zero attached hydrogens (tertiary/aromatic N) is 5. The van der Waals surface area contributed by atoms with Crippen LogP contribution in [0.15, 0.2) is 42.7 Å². The second-order valence-corrected chi connectivity index (χ2v) is 10.1. The Hall–Kier alpha value is -3.89. The summed E-state index contributed by atoms with van der Waals surface area (Å²) in [5, 5.41) is 10.8. The van der Waals surface area contributed by atoms with Crippen LogP contribution in [0.25, 0.3) is 22.0 Å². The third kappa shape index (κ3) is 5.36. The minimum absolute atomic E-state index is 0.0229. The highest BCUT2D eigenvalue weighted by atomic mass is 19.3. The van der Waals surface area contributed by atoms with E-state index in [4.69, 9.17) is 10.5 Å². The largest absolute Gasteiger partial charge is 0.445 e. The fourth-order valence-corrected chi connectivity index (χ4v) is 5.34. The van der Waals surface area contributed by atoms with Gasteiger partial charge in [-0.3, -0.25) is 9.78 Å². The Kier molecular flexibility index (Phi) is 7.09. The zero-order valence-electron chi connectivity index (χ0n) is 21.1. The topological polar surface area (TPSA) is 115 Å². The summed E-state index contributed by atoms with van der Waals surface area (Å²) in [4.78, 5) is 32.2. The Balaban J connectivity index is 1.33. The lowest BCUT2D eigenvalue weighted by Crippen LogP contribution is -2.56. The van der Waals surface area contributed by atoms with Crippen LogP contribution in [0.4, 0.5) is 19.4 Å². The molecule has 5 rings (SSSR count). The van der Waals surface area contributed by atoms with Crippen LogP contribution >= 0.6 is 0 Å². The monoisotopic (exact) mass is 524 g/mol. The normalized spacial score (nSPS) is 19.9. The molecule has 1 aliphatic carbocycles. The number of fused-ring (bicyclic) bond motifs is 1. The molecule has 2 fully saturated rings. The van der Waals surface area contributed by atoms with Crippen LogP contribution in [0.1, 0.15) is 38.2 Å². The number of ether oxygens (including phenoxy) is 1. The van der Waals surface area contributed by atoms with Gasteiger partial charge in [0.15, 0.2) is 5.82 Å². The number of piperazine rings is 1. The van der Waals surface area contributed by atoms with Crippen LogP contribution in [-0.2, 0) is 16.1 Å². The number of carbonyl (C=O) groups excluding carboxylic acids is 2. The predicted molar refractivity (Wildman–Crippen MR) is 137 cm³/mol. The number of hydrogen-bond donors (Lipinski definition) is 1. The van der Waals surface area contributed by atoms with E-state index in [1.165, 1.54) is 0 Å². The van der Waals surface area contributed by atoms with Crippen molar-refractivity contribution < 1.29 is 23.1 Å². The number of pyridine rings is 1. The van der Waals surface area contributed by atoms with Crippen molar-refractivity contribution in [2.45, 2.75) is 51.2 Å². The van der Waals surface area contributed by atoms with Crippen LogP contribution in [0.5, 0.6) is 0 Å². The molecule has 3 heterocycles. The van der Waals surface area contributed by atoms with Gasteiger partial charge in [0.25, 0.3) is 0 Å². The van der Waals surface area contributed by atoms with E-state index >= 15 is 0 Å². The summed E-state index contributed by atoms with van der Waals surface area (Å²) in [7, 11) is 0. The average Bonchev–Trinajstić information content (AvgIpc) is 2.91. The molecule has 1 saturated carbocycles. The fourth-order valence-electron chi connectivity index (χ4n) is 5.34. The summed E-state index contributed by atoms with van der Waals surface area (Å²) < 4.78 is 32.0. The molecular formula is C27H30F2N6O3. The lowest BCUT2D eigenvalue weighted by atomic mass is 9.85. The third-order valence-corrected chi connectivity index (χ3v) is 7.45. The maximum absolute atomic E-state index is 13.6. The molecule has 9 nitrogen and oxygen atoms in total. The molecule has 1 aromatic carbocycles. The van der Waals surface area contributed by atoms with Gasteiger partial charge < -0.3 is 20.3 Å². The Morgan fingerprint density at radius 3 is 2.50 bits per heavy atom. The zero-order valence-corrected chi connectivity index (χ0v) is 21.1. The number of alkyl halides is 2. The molecule has 0 spiro atoms. The Morgan fingerprint density at radius 2 is 1.82 bits per heavy atom. The van der Waals surface area contributed by atoms with Crippen LogP contribution in [0.3, 0.4) is 0 Å². The highest BCUT2D eigenvalue weighted by molar-refractivity contribution is 5.99. The van der Waals surface area contributed by atoms with Gasteiger partial charge in [-0.05, 0) is 31.4 Å². The predicted octanol–water partition coefficient (Wildman–Crippen LogP) is 4.15. The highest BCUT2D eigenvalue weighted by Crippen LogP contribution is 2.38. The second-order valence-electron chi connectivity index (χ2n) is 10.1. The van der Waals surface area contributed by atoms with Gasteiger partial charge in [0.05, 0.1) is 0 Å². The van der Waals surface area contributed by atoms with Gasteiger partial charge in [0.1, 0.15) is 12.3 Å². The van der Waals surface area contributed by atoms with E-state index in [1.807, 2.05) is 42.2 Å². The molecular weight excluding hydrogens is 494 g/mol. The van der Waals surface area contributed by atoms with E-state index in [9.17, 15) is 18.4 Å². The second kappa shape index (κ2) is 10.5. The first kappa shape index (κ1) is 25.7. The van der Waals surface area contributed by atoms with Crippen LogP contribution in [0.2, 0.25) is 0 Å². The van der Waals surface area contributed by atoms with E-state index in [0.29, 0.717) is 31.1 Å². The number of hydrogen-bond acceptors (Lipinski definition) is 7. The van der Waals surface area contributed by atoms with Gasteiger partial charge in [0.2, 0.25) is 11.8 Å². The SMILES string of the molecule is CC1CN(c2nnc(-c3ccc(COC(N)=O)cc3)c3ccncc23)CCN1C(=O)C1CCC(F)(F)CC1. The molecule has 1 unspecified atom stereocenters. The molecule has 38 heavy (non-hydrogen) atoms. The maximum Gasteiger partial charge on any atom is 0.404 e. The Bertz CT molecular complexity index is 1330. The van der Waals surface area contributed by atoms with Gasteiger partial charge in [-0.15, -0.1) is 10.2 Å². The minimum Gasteiger partial charge on any atom is -0.445 e. The number of primary amides is 1. The van der Waals surface area contributed by atoms with Crippen LogP contribution < -0.4 is 10.6 Å². The van der Waals surface area contributed by atoms with Gasteiger partial charge in [-0.1, -0.05) is 24.3 Å². The van der Waals surface area contributed by atoms with E-state index in [2.05, 4.69) is 20.1 Å². The van der Waals surface area contributed by atoms with Gasteiger partial charge in [0, 0.05) is 73.2 Å². The molecule has 1 aliphatic heterocycles. The summed E-state index contributed by atoms with van der Waals surface area (Å²) in [6.45, 7) is 3.68. The molecule has 0 radical (unpaired) electrons. The molecule has 2 aromatic heterocycles. The molecule has 11 heteroatoms. The first-order valence-corrected chi connectivity index (χ1v) is 12.8. The van der Waals surface area contributed by atoms with Crippen LogP contribution in [0, 0.1) is 5.92 Å². The maximum atomic E-state index is 13.6. The van der Waals surface area contributed by atoms with Crippen molar-refractivity contribution in [3.8, 4) is 11.3 Å². The number of benzene rings is 1. The lowest BCUT2D eigenvalue weighted by molar-refractivity contribution is -0.142. The third-order valence-electron chi connectivity index (χ3n) is 7.45. The average molecular weight is 525 g/mol. The van der Waals surface area contributed by atoms with Crippen LogP contribution in [-0.4, -0.2) is 63.7 Å². The number of carbonyl (C=O) groups is 2. The fraction of sp³-hybridized carbons (Fsp3) is 0.444. The van der Waals surface area contributed by atoms with Crippen molar-refractivity contribution in [1.29, 1.82) is 0 Å². The molecule has 3 aromatic rings. The molecule has 2 N–H and O–H groups in total. The van der Waals surface area contributed by atoms with Crippen molar-refractivity contribution in [3.05, 3.63) is 48.3 Å². The number of anilines is 1. The van der Waals surface area contributed by atoms with Gasteiger partial charge in [-0.2, -0.15) is 0 Å². The van der Waals surface area contributed by atoms with Crippen molar-refractivity contribution in [3.63, 3.8) is 0 Å². The summed E-state index contributed by atoms with van der Waals surface area (Å²) in [5.74, 6) is -2.31. The Morgan fingerprint density at radius 1 is 1.08 bits per heavy atom. The summed E-state index contributed by atoms with van der Waals surface area (Å²) in [6.07, 6.45) is 2.68. The minimum atomic E-state index is -2.65. The molecule has 200 valence electrons. The van der Waals surface area contributed by atoms with E-state index in [0.717, 1.165) is 21.9 Å². The molecule has 2 amide bonds.